The first-order chi connectivity index (χ1) is 12.0. The van der Waals surface area contributed by atoms with Crippen LogP contribution < -0.4 is 14.8 Å². The maximum absolute atomic E-state index is 12.3. The van der Waals surface area contributed by atoms with Crippen LogP contribution in [0.15, 0.2) is 18.2 Å². The largest absolute Gasteiger partial charge is 0.486 e. The molecule has 1 unspecified atom stereocenters. The number of amides is 1. The lowest BCUT2D eigenvalue weighted by atomic mass is 10.1. The number of ether oxygens (including phenoxy) is 2. The highest BCUT2D eigenvalue weighted by Gasteiger charge is 2.29. The molecule has 0 saturated carbocycles. The molecule has 0 bridgehead atoms. The molecule has 25 heavy (non-hydrogen) atoms. The van der Waals surface area contributed by atoms with E-state index in [1.807, 2.05) is 30.0 Å². The van der Waals surface area contributed by atoms with Crippen molar-refractivity contribution in [2.24, 2.45) is 0 Å². The van der Waals surface area contributed by atoms with Gasteiger partial charge in [0.15, 0.2) is 21.3 Å². The maximum atomic E-state index is 12.3. The van der Waals surface area contributed by atoms with Crippen molar-refractivity contribution in [3.8, 4) is 11.5 Å². The van der Waals surface area contributed by atoms with Crippen molar-refractivity contribution in [2.75, 3.05) is 37.8 Å². The number of likely N-dealkylation sites (N-methyl/N-ethyl adjacent to an activating group) is 1. The standard InChI is InChI=1S/C17H24N2O5S/c1-2-19(11-16(20)18-14-6-9-25(21,22)12-14)10-13-4-3-5-15-17(13)24-8-7-23-15/h3-5,14H,2,6-12H2,1H3,(H,18,20). The summed E-state index contributed by atoms with van der Waals surface area (Å²) in [5.41, 5.74) is 0.982. The topological polar surface area (TPSA) is 84.9 Å². The Morgan fingerprint density at radius 3 is 2.84 bits per heavy atom. The van der Waals surface area contributed by atoms with Crippen LogP contribution >= 0.6 is 0 Å². The second-order valence-corrected chi connectivity index (χ2v) is 8.64. The minimum absolute atomic E-state index is 0.0439. The number of sulfone groups is 1. The molecule has 3 rings (SSSR count). The van der Waals surface area contributed by atoms with Gasteiger partial charge in [-0.2, -0.15) is 0 Å². The van der Waals surface area contributed by atoms with Crippen LogP contribution in [0.25, 0.3) is 0 Å². The van der Waals surface area contributed by atoms with Crippen molar-refractivity contribution in [2.45, 2.75) is 25.9 Å². The van der Waals surface area contributed by atoms with Gasteiger partial charge in [-0.1, -0.05) is 19.1 Å². The Hall–Kier alpha value is -1.80. The maximum Gasteiger partial charge on any atom is 0.234 e. The van der Waals surface area contributed by atoms with Gasteiger partial charge in [-0.3, -0.25) is 9.69 Å². The van der Waals surface area contributed by atoms with Crippen molar-refractivity contribution in [1.29, 1.82) is 0 Å². The molecular formula is C17H24N2O5S. The fourth-order valence-corrected chi connectivity index (χ4v) is 4.84. The summed E-state index contributed by atoms with van der Waals surface area (Å²) in [5, 5.41) is 2.83. The second-order valence-electron chi connectivity index (χ2n) is 6.41. The number of carbonyl (C=O) groups excluding carboxylic acids is 1. The third-order valence-corrected chi connectivity index (χ3v) is 6.22. The molecule has 2 aliphatic rings. The van der Waals surface area contributed by atoms with E-state index in [0.29, 0.717) is 32.7 Å². The predicted octanol–water partition coefficient (Wildman–Crippen LogP) is 0.583. The first kappa shape index (κ1) is 18.0. The zero-order valence-corrected chi connectivity index (χ0v) is 15.2. The molecular weight excluding hydrogens is 344 g/mol. The number of nitrogens with zero attached hydrogens (tertiary/aromatic N) is 1. The van der Waals surface area contributed by atoms with E-state index in [2.05, 4.69) is 5.32 Å². The molecule has 1 saturated heterocycles. The van der Waals surface area contributed by atoms with E-state index in [4.69, 9.17) is 9.47 Å². The number of fused-ring (bicyclic) bond motifs is 1. The van der Waals surface area contributed by atoms with E-state index in [0.717, 1.165) is 17.1 Å². The highest BCUT2D eigenvalue weighted by molar-refractivity contribution is 7.91. The van der Waals surface area contributed by atoms with Crippen molar-refractivity contribution in [3.05, 3.63) is 23.8 Å². The molecule has 0 radical (unpaired) electrons. The van der Waals surface area contributed by atoms with Gasteiger partial charge in [-0.15, -0.1) is 0 Å². The molecule has 1 atom stereocenters. The van der Waals surface area contributed by atoms with Gasteiger partial charge < -0.3 is 14.8 Å². The number of carbonyl (C=O) groups is 1. The molecule has 1 aromatic carbocycles. The lowest BCUT2D eigenvalue weighted by molar-refractivity contribution is -0.122. The molecule has 1 aromatic rings. The monoisotopic (exact) mass is 368 g/mol. The first-order valence-corrected chi connectivity index (χ1v) is 10.4. The summed E-state index contributed by atoms with van der Waals surface area (Å²) in [6.45, 7) is 4.53. The summed E-state index contributed by atoms with van der Waals surface area (Å²) in [4.78, 5) is 14.2. The molecule has 0 aliphatic carbocycles. The first-order valence-electron chi connectivity index (χ1n) is 8.56. The SMILES string of the molecule is CCN(CC(=O)NC1CCS(=O)(=O)C1)Cc1cccc2c1OCCO2. The third kappa shape index (κ3) is 4.64. The normalized spacial score (nSPS) is 21.3. The predicted molar refractivity (Wildman–Crippen MR) is 93.6 cm³/mol. The van der Waals surface area contributed by atoms with E-state index in [1.165, 1.54) is 0 Å². The van der Waals surface area contributed by atoms with Crippen LogP contribution in [0.2, 0.25) is 0 Å². The van der Waals surface area contributed by atoms with Crippen LogP contribution in [0.4, 0.5) is 0 Å². The van der Waals surface area contributed by atoms with Crippen molar-refractivity contribution >= 4 is 15.7 Å². The summed E-state index contributed by atoms with van der Waals surface area (Å²) in [6, 6.07) is 5.50. The van der Waals surface area contributed by atoms with Crippen LogP contribution in [0.5, 0.6) is 11.5 Å². The van der Waals surface area contributed by atoms with Crippen LogP contribution in [0.3, 0.4) is 0 Å². The zero-order valence-electron chi connectivity index (χ0n) is 14.4. The van der Waals surface area contributed by atoms with Gasteiger partial charge in [0, 0.05) is 18.2 Å². The van der Waals surface area contributed by atoms with Crippen molar-refractivity contribution in [3.63, 3.8) is 0 Å². The Balaban J connectivity index is 1.59. The molecule has 1 amide bonds. The van der Waals surface area contributed by atoms with E-state index in [9.17, 15) is 13.2 Å². The van der Waals surface area contributed by atoms with Gasteiger partial charge in [-0.25, -0.2) is 8.42 Å². The van der Waals surface area contributed by atoms with Gasteiger partial charge in [0.05, 0.1) is 18.1 Å². The molecule has 8 heteroatoms. The number of para-hydroxylation sites is 1. The minimum Gasteiger partial charge on any atom is -0.486 e. The molecule has 0 spiro atoms. The fraction of sp³-hybridized carbons (Fsp3) is 0.588. The Labute approximate surface area is 148 Å². The van der Waals surface area contributed by atoms with Crippen LogP contribution in [0, 0.1) is 0 Å². The van der Waals surface area contributed by atoms with E-state index < -0.39 is 9.84 Å². The van der Waals surface area contributed by atoms with E-state index in [1.54, 1.807) is 0 Å². The molecule has 2 aliphatic heterocycles. The molecule has 7 nitrogen and oxygen atoms in total. The number of hydrogen-bond acceptors (Lipinski definition) is 6. The van der Waals surface area contributed by atoms with Gasteiger partial charge in [0.25, 0.3) is 0 Å². The van der Waals surface area contributed by atoms with Gasteiger partial charge in [0.2, 0.25) is 5.91 Å². The quantitative estimate of drug-likeness (QED) is 0.791. The average molecular weight is 368 g/mol. The molecule has 1 N–H and O–H groups in total. The minimum atomic E-state index is -2.99. The Morgan fingerprint density at radius 2 is 2.12 bits per heavy atom. The van der Waals surface area contributed by atoms with Crippen molar-refractivity contribution < 1.29 is 22.7 Å². The third-order valence-electron chi connectivity index (χ3n) is 4.45. The molecule has 2 heterocycles. The zero-order chi connectivity index (χ0) is 17.9. The van der Waals surface area contributed by atoms with Gasteiger partial charge >= 0.3 is 0 Å². The van der Waals surface area contributed by atoms with Gasteiger partial charge in [-0.05, 0) is 19.0 Å². The molecule has 0 aromatic heterocycles. The van der Waals surface area contributed by atoms with Gasteiger partial charge in [0.1, 0.15) is 13.2 Å². The summed E-state index contributed by atoms with van der Waals surface area (Å²) in [7, 11) is -2.99. The van der Waals surface area contributed by atoms with Crippen LogP contribution in [0.1, 0.15) is 18.9 Å². The summed E-state index contributed by atoms with van der Waals surface area (Å²) < 4.78 is 34.3. The molecule has 1 fully saturated rings. The summed E-state index contributed by atoms with van der Waals surface area (Å²) in [6.07, 6.45) is 0.498. The van der Waals surface area contributed by atoms with E-state index >= 15 is 0 Å². The lowest BCUT2D eigenvalue weighted by Gasteiger charge is -2.25. The van der Waals surface area contributed by atoms with Crippen LogP contribution in [-0.2, 0) is 21.2 Å². The number of hydrogen-bond donors (Lipinski definition) is 1. The van der Waals surface area contributed by atoms with Crippen molar-refractivity contribution in [1.82, 2.24) is 10.2 Å². The Kier molecular flexibility index (Phi) is 5.48. The fourth-order valence-electron chi connectivity index (χ4n) is 3.16. The number of nitrogens with one attached hydrogen (secondary N) is 1. The highest BCUT2D eigenvalue weighted by Crippen LogP contribution is 2.34. The lowest BCUT2D eigenvalue weighted by Crippen LogP contribution is -2.42. The Bertz CT molecular complexity index is 735. The molecule has 138 valence electrons. The second kappa shape index (κ2) is 7.61. The Morgan fingerprint density at radius 1 is 1.32 bits per heavy atom. The smallest absolute Gasteiger partial charge is 0.234 e. The summed E-state index contributed by atoms with van der Waals surface area (Å²) >= 11 is 0. The highest BCUT2D eigenvalue weighted by atomic mass is 32.2. The van der Waals surface area contributed by atoms with Crippen LogP contribution in [-0.4, -0.2) is 63.1 Å². The van der Waals surface area contributed by atoms with E-state index in [-0.39, 0.29) is 30.0 Å². The number of benzene rings is 1. The summed E-state index contributed by atoms with van der Waals surface area (Å²) in [5.74, 6) is 1.53. The number of rotatable bonds is 6. The average Bonchev–Trinajstić information content (AvgIpc) is 2.93.